The molecule has 0 unspecified atom stereocenters. The summed E-state index contributed by atoms with van der Waals surface area (Å²) in [6.07, 6.45) is 0. The maximum Gasteiger partial charge on any atom is 0.319 e. The van der Waals surface area contributed by atoms with Gasteiger partial charge in [-0.2, -0.15) is 0 Å². The Hall–Kier alpha value is -1.89. The van der Waals surface area contributed by atoms with Crippen molar-refractivity contribution in [1.82, 2.24) is 5.32 Å². The molecule has 0 heterocycles. The first-order chi connectivity index (χ1) is 8.46. The summed E-state index contributed by atoms with van der Waals surface area (Å²) < 4.78 is 30.2. The number of amides is 2. The van der Waals surface area contributed by atoms with E-state index in [0.29, 0.717) is 11.4 Å². The van der Waals surface area contributed by atoms with Crippen molar-refractivity contribution in [3.05, 3.63) is 24.3 Å². The number of aliphatic hydroxyl groups is 1. The van der Waals surface area contributed by atoms with Crippen LogP contribution in [0.4, 0.5) is 19.3 Å². The summed E-state index contributed by atoms with van der Waals surface area (Å²) in [7, 11) is 1.51. The number of methoxy groups -OCH3 is 1. The SMILES string of the molecule is COc1ccc(NC(=O)NCC(F)(F)CO)cc1. The van der Waals surface area contributed by atoms with Crippen molar-refractivity contribution in [2.75, 3.05) is 25.6 Å². The molecule has 0 atom stereocenters. The third kappa shape index (κ3) is 4.54. The van der Waals surface area contributed by atoms with Gasteiger partial charge < -0.3 is 20.5 Å². The number of alkyl halides is 2. The van der Waals surface area contributed by atoms with E-state index in [-0.39, 0.29) is 0 Å². The third-order valence-electron chi connectivity index (χ3n) is 2.09. The molecule has 0 radical (unpaired) electrons. The first-order valence-corrected chi connectivity index (χ1v) is 5.14. The number of nitrogens with one attached hydrogen (secondary N) is 2. The molecule has 1 rings (SSSR count). The van der Waals surface area contributed by atoms with E-state index in [4.69, 9.17) is 9.84 Å². The molecular formula is C11H14F2N2O3. The molecule has 0 aliphatic heterocycles. The fourth-order valence-electron chi connectivity index (χ4n) is 1.12. The number of carbonyl (C=O) groups excluding carboxylic acids is 1. The zero-order valence-electron chi connectivity index (χ0n) is 9.74. The lowest BCUT2D eigenvalue weighted by atomic mass is 10.3. The van der Waals surface area contributed by atoms with Crippen molar-refractivity contribution in [2.24, 2.45) is 0 Å². The molecular weight excluding hydrogens is 246 g/mol. The molecule has 0 saturated carbocycles. The Bertz CT molecular complexity index is 396. The van der Waals surface area contributed by atoms with Gasteiger partial charge in [-0.25, -0.2) is 13.6 Å². The van der Waals surface area contributed by atoms with Gasteiger partial charge in [0.1, 0.15) is 12.4 Å². The van der Waals surface area contributed by atoms with Crippen LogP contribution in [0, 0.1) is 0 Å². The monoisotopic (exact) mass is 260 g/mol. The number of benzene rings is 1. The second-order valence-electron chi connectivity index (χ2n) is 3.55. The lowest BCUT2D eigenvalue weighted by Crippen LogP contribution is -2.40. The van der Waals surface area contributed by atoms with Crippen LogP contribution >= 0.6 is 0 Å². The molecule has 0 aliphatic carbocycles. The molecule has 0 aromatic heterocycles. The number of carbonyl (C=O) groups is 1. The molecule has 7 heteroatoms. The third-order valence-corrected chi connectivity index (χ3v) is 2.09. The fourth-order valence-corrected chi connectivity index (χ4v) is 1.12. The molecule has 3 N–H and O–H groups in total. The van der Waals surface area contributed by atoms with E-state index >= 15 is 0 Å². The average molecular weight is 260 g/mol. The Morgan fingerprint density at radius 1 is 1.39 bits per heavy atom. The number of hydrogen-bond acceptors (Lipinski definition) is 3. The summed E-state index contributed by atoms with van der Waals surface area (Å²) in [5.74, 6) is -2.70. The second kappa shape index (κ2) is 6.15. The van der Waals surface area contributed by atoms with Gasteiger partial charge in [0.25, 0.3) is 5.92 Å². The van der Waals surface area contributed by atoms with Gasteiger partial charge in [-0.15, -0.1) is 0 Å². The van der Waals surface area contributed by atoms with Crippen LogP contribution in [0.5, 0.6) is 5.75 Å². The van der Waals surface area contributed by atoms with Crippen LogP contribution in [-0.2, 0) is 0 Å². The molecule has 2 amide bonds. The first kappa shape index (κ1) is 14.2. The maximum absolute atomic E-state index is 12.6. The predicted molar refractivity (Wildman–Crippen MR) is 62.0 cm³/mol. The van der Waals surface area contributed by atoms with E-state index < -0.39 is 25.1 Å². The number of aliphatic hydroxyl groups excluding tert-OH is 1. The van der Waals surface area contributed by atoms with Gasteiger partial charge in [0.05, 0.1) is 13.7 Å². The van der Waals surface area contributed by atoms with Gasteiger partial charge in [-0.3, -0.25) is 0 Å². The maximum atomic E-state index is 12.6. The minimum absolute atomic E-state index is 0.445. The van der Waals surface area contributed by atoms with Crippen molar-refractivity contribution in [2.45, 2.75) is 5.92 Å². The first-order valence-electron chi connectivity index (χ1n) is 5.14. The largest absolute Gasteiger partial charge is 0.497 e. The van der Waals surface area contributed by atoms with Gasteiger partial charge in [-0.05, 0) is 24.3 Å². The number of rotatable bonds is 5. The van der Waals surface area contributed by atoms with Crippen LogP contribution in [0.2, 0.25) is 0 Å². The van der Waals surface area contributed by atoms with E-state index in [0.717, 1.165) is 0 Å². The van der Waals surface area contributed by atoms with Gasteiger partial charge in [0.2, 0.25) is 0 Å². The van der Waals surface area contributed by atoms with Crippen LogP contribution in [0.25, 0.3) is 0 Å². The zero-order valence-corrected chi connectivity index (χ0v) is 9.74. The van der Waals surface area contributed by atoms with Crippen LogP contribution in [0.15, 0.2) is 24.3 Å². The molecule has 0 aliphatic rings. The summed E-state index contributed by atoms with van der Waals surface area (Å²) in [4.78, 5) is 11.3. The smallest absolute Gasteiger partial charge is 0.319 e. The number of hydrogen-bond donors (Lipinski definition) is 3. The number of anilines is 1. The molecule has 0 spiro atoms. The van der Waals surface area contributed by atoms with Crippen molar-refractivity contribution < 1.29 is 23.4 Å². The predicted octanol–water partition coefficient (Wildman–Crippen LogP) is 1.44. The van der Waals surface area contributed by atoms with Crippen LogP contribution < -0.4 is 15.4 Å². The van der Waals surface area contributed by atoms with Crippen molar-refractivity contribution in [3.63, 3.8) is 0 Å². The standard InChI is InChI=1S/C11H14F2N2O3/c1-18-9-4-2-8(3-5-9)15-10(17)14-6-11(12,13)7-16/h2-5,16H,6-7H2,1H3,(H2,14,15,17). The van der Waals surface area contributed by atoms with E-state index in [2.05, 4.69) is 5.32 Å². The van der Waals surface area contributed by atoms with Gasteiger partial charge in [0, 0.05) is 5.69 Å². The van der Waals surface area contributed by atoms with Crippen LogP contribution in [0.1, 0.15) is 0 Å². The minimum Gasteiger partial charge on any atom is -0.497 e. The van der Waals surface area contributed by atoms with Gasteiger partial charge >= 0.3 is 6.03 Å². The van der Waals surface area contributed by atoms with Crippen LogP contribution in [-0.4, -0.2) is 37.3 Å². The summed E-state index contributed by atoms with van der Waals surface area (Å²) in [6.45, 7) is -2.23. The molecule has 0 bridgehead atoms. The molecule has 0 saturated heterocycles. The number of ether oxygens (including phenoxy) is 1. The van der Waals surface area contributed by atoms with Gasteiger partial charge in [0.15, 0.2) is 0 Å². The lowest BCUT2D eigenvalue weighted by molar-refractivity contribution is -0.0451. The summed E-state index contributed by atoms with van der Waals surface area (Å²) in [5, 5.41) is 12.6. The summed E-state index contributed by atoms with van der Waals surface area (Å²) in [6, 6.07) is 5.62. The van der Waals surface area contributed by atoms with E-state index in [1.165, 1.54) is 7.11 Å². The van der Waals surface area contributed by atoms with E-state index in [1.807, 2.05) is 5.32 Å². The number of halogens is 2. The molecule has 18 heavy (non-hydrogen) atoms. The summed E-state index contributed by atoms with van der Waals surface area (Å²) in [5.41, 5.74) is 0.445. The highest BCUT2D eigenvalue weighted by Gasteiger charge is 2.28. The Morgan fingerprint density at radius 2 is 2.00 bits per heavy atom. The Labute approximate surface area is 103 Å². The summed E-state index contributed by atoms with van der Waals surface area (Å²) >= 11 is 0. The van der Waals surface area contributed by atoms with E-state index in [9.17, 15) is 13.6 Å². The zero-order chi connectivity index (χ0) is 13.6. The van der Waals surface area contributed by atoms with Crippen molar-refractivity contribution >= 4 is 11.7 Å². The Kier molecular flexibility index (Phi) is 4.85. The minimum atomic E-state index is -3.32. The highest BCUT2D eigenvalue weighted by Crippen LogP contribution is 2.15. The van der Waals surface area contributed by atoms with Crippen LogP contribution in [0.3, 0.4) is 0 Å². The topological polar surface area (TPSA) is 70.6 Å². The molecule has 100 valence electrons. The number of urea groups is 1. The average Bonchev–Trinajstić information content (AvgIpc) is 2.37. The van der Waals surface area contributed by atoms with Crippen molar-refractivity contribution in [3.8, 4) is 5.75 Å². The Morgan fingerprint density at radius 3 is 2.50 bits per heavy atom. The van der Waals surface area contributed by atoms with Gasteiger partial charge in [-0.1, -0.05) is 0 Å². The highest BCUT2D eigenvalue weighted by molar-refractivity contribution is 5.89. The second-order valence-corrected chi connectivity index (χ2v) is 3.55. The van der Waals surface area contributed by atoms with E-state index in [1.54, 1.807) is 24.3 Å². The molecule has 5 nitrogen and oxygen atoms in total. The fraction of sp³-hybridized carbons (Fsp3) is 0.364. The molecule has 1 aromatic rings. The highest BCUT2D eigenvalue weighted by atomic mass is 19.3. The normalized spacial score (nSPS) is 10.9. The Balaban J connectivity index is 2.44. The molecule has 1 aromatic carbocycles. The molecule has 0 fully saturated rings. The van der Waals surface area contributed by atoms with Crippen molar-refractivity contribution in [1.29, 1.82) is 0 Å². The quantitative estimate of drug-likeness (QED) is 0.750. The lowest BCUT2D eigenvalue weighted by Gasteiger charge is -2.14.